The summed E-state index contributed by atoms with van der Waals surface area (Å²) in [5.74, 6) is -0.190. The molecule has 0 fully saturated rings. The number of nitro groups is 1. The molecule has 2 aromatic carbocycles. The fourth-order valence-electron chi connectivity index (χ4n) is 1.99. The molecule has 1 aliphatic heterocycles. The zero-order chi connectivity index (χ0) is 14.1. The van der Waals surface area contributed by atoms with Crippen LogP contribution in [0.5, 0.6) is 5.75 Å². The first-order valence-corrected chi connectivity index (χ1v) is 5.86. The summed E-state index contributed by atoms with van der Waals surface area (Å²) in [5, 5.41) is 10.7. The lowest BCUT2D eigenvalue weighted by Crippen LogP contribution is -2.07. The number of non-ortho nitro benzene ring substituents is 1. The molecule has 0 amide bonds. The molecule has 3 rings (SSSR count). The van der Waals surface area contributed by atoms with Crippen LogP contribution < -0.4 is 4.74 Å². The molecule has 0 saturated heterocycles. The Kier molecular flexibility index (Phi) is 2.83. The van der Waals surface area contributed by atoms with Crippen molar-refractivity contribution in [3.8, 4) is 5.75 Å². The van der Waals surface area contributed by atoms with Gasteiger partial charge in [-0.2, -0.15) is 0 Å². The second-order valence-electron chi connectivity index (χ2n) is 4.20. The van der Waals surface area contributed by atoms with Gasteiger partial charge in [-0.15, -0.1) is 0 Å². The monoisotopic (exact) mass is 271 g/mol. The highest BCUT2D eigenvalue weighted by atomic mass is 16.7. The van der Waals surface area contributed by atoms with Crippen molar-refractivity contribution in [3.63, 3.8) is 0 Å². The number of cyclic esters (lactones) is 1. The number of hydrogen-bond donors (Lipinski definition) is 0. The van der Waals surface area contributed by atoms with E-state index in [0.717, 1.165) is 0 Å². The number of nitro benzene ring substituents is 1. The lowest BCUT2D eigenvalue weighted by atomic mass is 10.1. The lowest BCUT2D eigenvalue weighted by molar-refractivity contribution is -0.385. The molecule has 1 heterocycles. The molecule has 0 spiro atoms. The Morgan fingerprint density at radius 1 is 1.15 bits per heavy atom. The number of rotatable bonds is 3. The van der Waals surface area contributed by atoms with E-state index in [0.29, 0.717) is 11.1 Å². The van der Waals surface area contributed by atoms with Gasteiger partial charge in [0.1, 0.15) is 5.75 Å². The largest absolute Gasteiger partial charge is 0.450 e. The summed E-state index contributed by atoms with van der Waals surface area (Å²) in [6.07, 6.45) is -0.874. The molecule has 100 valence electrons. The van der Waals surface area contributed by atoms with Crippen molar-refractivity contribution in [2.45, 2.75) is 6.29 Å². The maximum Gasteiger partial charge on any atom is 0.342 e. The van der Waals surface area contributed by atoms with E-state index in [1.807, 2.05) is 0 Å². The van der Waals surface area contributed by atoms with Crippen molar-refractivity contribution >= 4 is 11.7 Å². The SMILES string of the molecule is O=C1OC(Oc2cccc([N+](=O)[O-])c2)c2ccccc21. The fourth-order valence-corrected chi connectivity index (χ4v) is 1.99. The minimum atomic E-state index is -0.874. The average molecular weight is 271 g/mol. The molecular formula is C14H9NO5. The molecule has 0 aromatic heterocycles. The number of carbonyl (C=O) groups is 1. The van der Waals surface area contributed by atoms with E-state index in [1.165, 1.54) is 18.2 Å². The Balaban J connectivity index is 1.88. The highest BCUT2D eigenvalue weighted by Gasteiger charge is 2.32. The first-order chi connectivity index (χ1) is 9.65. The summed E-state index contributed by atoms with van der Waals surface area (Å²) in [4.78, 5) is 21.8. The van der Waals surface area contributed by atoms with Gasteiger partial charge in [0, 0.05) is 11.6 Å². The third-order valence-corrected chi connectivity index (χ3v) is 2.92. The normalized spacial score (nSPS) is 16.4. The highest BCUT2D eigenvalue weighted by Crippen LogP contribution is 2.33. The Hall–Kier alpha value is -2.89. The summed E-state index contributed by atoms with van der Waals surface area (Å²) in [6, 6.07) is 12.6. The van der Waals surface area contributed by atoms with Crippen LogP contribution in [0.15, 0.2) is 48.5 Å². The Bertz CT molecular complexity index is 697. The molecule has 6 heteroatoms. The molecule has 1 atom stereocenters. The van der Waals surface area contributed by atoms with E-state index in [9.17, 15) is 14.9 Å². The van der Waals surface area contributed by atoms with Crippen LogP contribution in [0, 0.1) is 10.1 Å². The zero-order valence-corrected chi connectivity index (χ0v) is 10.2. The maximum absolute atomic E-state index is 11.6. The van der Waals surface area contributed by atoms with Gasteiger partial charge in [-0.25, -0.2) is 4.79 Å². The third-order valence-electron chi connectivity index (χ3n) is 2.92. The number of ether oxygens (including phenoxy) is 2. The summed E-state index contributed by atoms with van der Waals surface area (Å²) < 4.78 is 10.6. The Morgan fingerprint density at radius 3 is 2.75 bits per heavy atom. The van der Waals surface area contributed by atoms with Gasteiger partial charge in [-0.05, 0) is 12.1 Å². The molecule has 6 nitrogen and oxygen atoms in total. The predicted octanol–water partition coefficient (Wildman–Crippen LogP) is 2.84. The van der Waals surface area contributed by atoms with Gasteiger partial charge in [0.15, 0.2) is 0 Å². The predicted molar refractivity (Wildman–Crippen MR) is 68.3 cm³/mol. The van der Waals surface area contributed by atoms with Crippen LogP contribution in [0.1, 0.15) is 22.2 Å². The van der Waals surface area contributed by atoms with E-state index in [-0.39, 0.29) is 11.4 Å². The number of benzene rings is 2. The molecule has 20 heavy (non-hydrogen) atoms. The van der Waals surface area contributed by atoms with E-state index in [4.69, 9.17) is 9.47 Å². The first kappa shape index (κ1) is 12.2. The Labute approximate surface area is 113 Å². The van der Waals surface area contributed by atoms with Crippen molar-refractivity contribution in [1.82, 2.24) is 0 Å². The fraction of sp³-hybridized carbons (Fsp3) is 0.0714. The van der Waals surface area contributed by atoms with Gasteiger partial charge in [-0.1, -0.05) is 24.3 Å². The number of nitrogens with zero attached hydrogens (tertiary/aromatic N) is 1. The third kappa shape index (κ3) is 2.07. The van der Waals surface area contributed by atoms with Crippen molar-refractivity contribution in [1.29, 1.82) is 0 Å². The van der Waals surface area contributed by atoms with Gasteiger partial charge in [-0.3, -0.25) is 10.1 Å². The van der Waals surface area contributed by atoms with Crippen molar-refractivity contribution < 1.29 is 19.2 Å². The number of hydrogen-bond acceptors (Lipinski definition) is 5. The maximum atomic E-state index is 11.6. The van der Waals surface area contributed by atoms with E-state index in [2.05, 4.69) is 0 Å². The Morgan fingerprint density at radius 2 is 1.95 bits per heavy atom. The quantitative estimate of drug-likeness (QED) is 0.487. The smallest absolute Gasteiger partial charge is 0.342 e. The summed E-state index contributed by atoms with van der Waals surface area (Å²) in [6.45, 7) is 0. The molecule has 0 radical (unpaired) electrons. The number of carbonyl (C=O) groups excluding carboxylic acids is 1. The van der Waals surface area contributed by atoms with E-state index < -0.39 is 17.2 Å². The molecule has 2 aromatic rings. The molecular weight excluding hydrogens is 262 g/mol. The van der Waals surface area contributed by atoms with Crippen LogP contribution in [0.4, 0.5) is 5.69 Å². The molecule has 0 N–H and O–H groups in total. The molecule has 1 unspecified atom stereocenters. The zero-order valence-electron chi connectivity index (χ0n) is 10.2. The summed E-state index contributed by atoms with van der Waals surface area (Å²) in [5.41, 5.74) is 0.979. The minimum absolute atomic E-state index is 0.0832. The van der Waals surface area contributed by atoms with Gasteiger partial charge < -0.3 is 9.47 Å². The van der Waals surface area contributed by atoms with Crippen LogP contribution in [0.2, 0.25) is 0 Å². The molecule has 0 saturated carbocycles. The van der Waals surface area contributed by atoms with Crippen LogP contribution in [0.25, 0.3) is 0 Å². The van der Waals surface area contributed by atoms with Crippen LogP contribution in [0.3, 0.4) is 0 Å². The molecule has 0 bridgehead atoms. The second kappa shape index (κ2) is 4.65. The topological polar surface area (TPSA) is 78.7 Å². The van der Waals surface area contributed by atoms with Gasteiger partial charge in [0.25, 0.3) is 12.0 Å². The lowest BCUT2D eigenvalue weighted by Gasteiger charge is -2.13. The van der Waals surface area contributed by atoms with E-state index >= 15 is 0 Å². The van der Waals surface area contributed by atoms with E-state index in [1.54, 1.807) is 30.3 Å². The number of esters is 1. The van der Waals surface area contributed by atoms with Gasteiger partial charge >= 0.3 is 5.97 Å². The van der Waals surface area contributed by atoms with Gasteiger partial charge in [0.2, 0.25) is 0 Å². The standard InChI is InChI=1S/C14H9NO5/c16-13-11-6-1-2-7-12(11)14(20-13)19-10-5-3-4-9(8-10)15(17)18/h1-8,14H. The first-order valence-electron chi connectivity index (χ1n) is 5.86. The average Bonchev–Trinajstić information content (AvgIpc) is 2.76. The van der Waals surface area contributed by atoms with Crippen LogP contribution in [-0.4, -0.2) is 10.9 Å². The summed E-state index contributed by atoms with van der Waals surface area (Å²) in [7, 11) is 0. The van der Waals surface area contributed by atoms with Crippen LogP contribution >= 0.6 is 0 Å². The number of fused-ring (bicyclic) bond motifs is 1. The summed E-state index contributed by atoms with van der Waals surface area (Å²) >= 11 is 0. The molecule has 0 aliphatic carbocycles. The van der Waals surface area contributed by atoms with Crippen molar-refractivity contribution in [3.05, 3.63) is 69.8 Å². The van der Waals surface area contributed by atoms with Gasteiger partial charge in [0.05, 0.1) is 16.6 Å². The highest BCUT2D eigenvalue weighted by molar-refractivity contribution is 5.93. The van der Waals surface area contributed by atoms with Crippen LogP contribution in [-0.2, 0) is 4.74 Å². The minimum Gasteiger partial charge on any atom is -0.450 e. The van der Waals surface area contributed by atoms with Crippen molar-refractivity contribution in [2.24, 2.45) is 0 Å². The second-order valence-corrected chi connectivity index (χ2v) is 4.20. The molecule has 1 aliphatic rings. The van der Waals surface area contributed by atoms with Crippen molar-refractivity contribution in [2.75, 3.05) is 0 Å².